The van der Waals surface area contributed by atoms with Crippen LogP contribution in [-0.2, 0) is 7.05 Å². The maximum atomic E-state index is 2.37. The summed E-state index contributed by atoms with van der Waals surface area (Å²) in [6, 6.07) is 42.6. The summed E-state index contributed by atoms with van der Waals surface area (Å²) in [5.74, 6) is 0. The summed E-state index contributed by atoms with van der Waals surface area (Å²) in [4.78, 5) is 7.57. The molecule has 1 heterocycles. The average Bonchev–Trinajstić information content (AvgIpc) is 3.11. The predicted octanol–water partition coefficient (Wildman–Crippen LogP) is 9.63. The molecular weight excluding hydrogens is 491 g/mol. The summed E-state index contributed by atoms with van der Waals surface area (Å²) in [7, 11) is 2.20. The van der Waals surface area contributed by atoms with Crippen molar-refractivity contribution in [1.82, 2.24) is 4.57 Å². The van der Waals surface area contributed by atoms with E-state index < -0.39 is 0 Å². The van der Waals surface area contributed by atoms with Crippen LogP contribution in [0.25, 0.3) is 0 Å². The maximum Gasteiger partial charge on any atom is 0.0956 e. The third-order valence-electron chi connectivity index (χ3n) is 5.05. The molecular formula is C29H23NS4. The first kappa shape index (κ1) is 23.3. The lowest BCUT2D eigenvalue weighted by molar-refractivity contribution is 0.732. The summed E-state index contributed by atoms with van der Waals surface area (Å²) in [5.41, 5.74) is 0. The normalized spacial score (nSPS) is 11.0. The second kappa shape index (κ2) is 11.3. The number of aromatic nitrogens is 1. The van der Waals surface area contributed by atoms with Gasteiger partial charge in [0.05, 0.1) is 19.8 Å². The minimum Gasteiger partial charge on any atom is -0.332 e. The van der Waals surface area contributed by atoms with Gasteiger partial charge < -0.3 is 4.57 Å². The fourth-order valence-corrected chi connectivity index (χ4v) is 8.11. The first-order valence-corrected chi connectivity index (χ1v) is 14.2. The lowest BCUT2D eigenvalue weighted by Gasteiger charge is -2.09. The Balaban J connectivity index is 1.66. The fourth-order valence-electron chi connectivity index (χ4n) is 3.41. The van der Waals surface area contributed by atoms with Gasteiger partial charge in [-0.25, -0.2) is 0 Å². The van der Waals surface area contributed by atoms with Gasteiger partial charge in [0.15, 0.2) is 0 Å². The van der Waals surface area contributed by atoms with E-state index in [0.717, 1.165) is 0 Å². The Morgan fingerprint density at radius 2 is 0.647 bits per heavy atom. The van der Waals surface area contributed by atoms with Gasteiger partial charge in [0.25, 0.3) is 0 Å². The van der Waals surface area contributed by atoms with E-state index in [4.69, 9.17) is 0 Å². The first-order chi connectivity index (χ1) is 16.8. The van der Waals surface area contributed by atoms with Gasteiger partial charge >= 0.3 is 0 Å². The van der Waals surface area contributed by atoms with Crippen molar-refractivity contribution in [2.45, 2.75) is 39.4 Å². The van der Waals surface area contributed by atoms with Crippen LogP contribution in [0.4, 0.5) is 0 Å². The molecule has 0 radical (unpaired) electrons. The van der Waals surface area contributed by atoms with Gasteiger partial charge in [-0.05, 0) is 48.5 Å². The molecule has 0 unspecified atom stereocenters. The molecule has 0 aliphatic rings. The van der Waals surface area contributed by atoms with Crippen molar-refractivity contribution in [3.63, 3.8) is 0 Å². The molecule has 0 amide bonds. The van der Waals surface area contributed by atoms with Gasteiger partial charge in [-0.3, -0.25) is 0 Å². The van der Waals surface area contributed by atoms with Gasteiger partial charge in [0.1, 0.15) is 0 Å². The van der Waals surface area contributed by atoms with E-state index in [1.807, 2.05) is 47.0 Å². The molecule has 0 aliphatic carbocycles. The molecule has 0 bridgehead atoms. The zero-order valence-corrected chi connectivity index (χ0v) is 21.9. The largest absolute Gasteiger partial charge is 0.332 e. The highest BCUT2D eigenvalue weighted by atomic mass is 32.2. The monoisotopic (exact) mass is 513 g/mol. The highest BCUT2D eigenvalue weighted by molar-refractivity contribution is 8.05. The SMILES string of the molecule is Cn1c(Sc2ccccc2)c(Sc2ccccc2)c(Sc2ccccc2)c1Sc1ccccc1. The van der Waals surface area contributed by atoms with Crippen LogP contribution in [0.5, 0.6) is 0 Å². The molecule has 5 aromatic rings. The zero-order chi connectivity index (χ0) is 23.2. The van der Waals surface area contributed by atoms with Crippen LogP contribution in [0.2, 0.25) is 0 Å². The van der Waals surface area contributed by atoms with E-state index in [2.05, 4.69) is 133 Å². The molecule has 168 valence electrons. The van der Waals surface area contributed by atoms with Crippen LogP contribution in [0.1, 0.15) is 0 Å². The van der Waals surface area contributed by atoms with Crippen molar-refractivity contribution in [2.75, 3.05) is 0 Å². The van der Waals surface area contributed by atoms with Crippen molar-refractivity contribution in [3.05, 3.63) is 121 Å². The molecule has 34 heavy (non-hydrogen) atoms. The van der Waals surface area contributed by atoms with Crippen LogP contribution in [0.15, 0.2) is 161 Å². The summed E-state index contributed by atoms with van der Waals surface area (Å²) < 4.78 is 2.37. The predicted molar refractivity (Wildman–Crippen MR) is 148 cm³/mol. The Morgan fingerprint density at radius 3 is 0.941 bits per heavy atom. The number of hydrogen-bond donors (Lipinski definition) is 0. The molecule has 0 atom stereocenters. The van der Waals surface area contributed by atoms with Crippen LogP contribution in [0.3, 0.4) is 0 Å². The number of rotatable bonds is 8. The fraction of sp³-hybridized carbons (Fsp3) is 0.0345. The Bertz CT molecular complexity index is 1230. The molecule has 5 heteroatoms. The lowest BCUT2D eigenvalue weighted by Crippen LogP contribution is -1.93. The van der Waals surface area contributed by atoms with Gasteiger partial charge in [0.2, 0.25) is 0 Å². The van der Waals surface area contributed by atoms with Crippen molar-refractivity contribution in [1.29, 1.82) is 0 Å². The second-order valence-electron chi connectivity index (χ2n) is 7.49. The molecule has 0 aliphatic heterocycles. The quantitative estimate of drug-likeness (QED) is 0.203. The zero-order valence-electron chi connectivity index (χ0n) is 18.6. The van der Waals surface area contributed by atoms with Crippen molar-refractivity contribution in [3.8, 4) is 0 Å². The number of benzene rings is 4. The minimum atomic E-state index is 1.24. The summed E-state index contributed by atoms with van der Waals surface area (Å²) >= 11 is 7.36. The molecule has 0 saturated carbocycles. The van der Waals surface area contributed by atoms with E-state index >= 15 is 0 Å². The Kier molecular flexibility index (Phi) is 7.76. The van der Waals surface area contributed by atoms with E-state index in [9.17, 15) is 0 Å². The third-order valence-corrected chi connectivity index (χ3v) is 10.0. The highest BCUT2D eigenvalue weighted by Crippen LogP contribution is 2.52. The highest BCUT2D eigenvalue weighted by Gasteiger charge is 2.24. The van der Waals surface area contributed by atoms with Gasteiger partial charge in [-0.1, -0.05) is 120 Å². The molecule has 4 aromatic carbocycles. The molecule has 1 aromatic heterocycles. The summed E-state index contributed by atoms with van der Waals surface area (Å²) in [5, 5.41) is 2.52. The second-order valence-corrected chi connectivity index (χ2v) is 11.8. The summed E-state index contributed by atoms with van der Waals surface area (Å²) in [6.45, 7) is 0. The molecule has 0 saturated heterocycles. The Labute approximate surface area is 218 Å². The average molecular weight is 514 g/mol. The van der Waals surface area contributed by atoms with Crippen LogP contribution < -0.4 is 0 Å². The Hall–Kier alpha value is -2.44. The lowest BCUT2D eigenvalue weighted by atomic mass is 10.4. The first-order valence-electron chi connectivity index (χ1n) is 10.9. The van der Waals surface area contributed by atoms with Crippen molar-refractivity contribution in [2.24, 2.45) is 7.05 Å². The summed E-state index contributed by atoms with van der Waals surface area (Å²) in [6.07, 6.45) is 0. The maximum absolute atomic E-state index is 2.37. The van der Waals surface area contributed by atoms with E-state index in [1.54, 1.807) is 0 Å². The van der Waals surface area contributed by atoms with E-state index in [-0.39, 0.29) is 0 Å². The minimum absolute atomic E-state index is 1.24. The number of hydrogen-bond acceptors (Lipinski definition) is 4. The van der Waals surface area contributed by atoms with Gasteiger partial charge in [-0.15, -0.1) is 0 Å². The van der Waals surface area contributed by atoms with Crippen molar-refractivity contribution >= 4 is 47.0 Å². The van der Waals surface area contributed by atoms with E-state index in [0.29, 0.717) is 0 Å². The van der Waals surface area contributed by atoms with Crippen LogP contribution >= 0.6 is 47.0 Å². The van der Waals surface area contributed by atoms with Gasteiger partial charge in [-0.2, -0.15) is 0 Å². The van der Waals surface area contributed by atoms with Gasteiger partial charge in [0, 0.05) is 26.6 Å². The van der Waals surface area contributed by atoms with Crippen LogP contribution in [0, 0.1) is 0 Å². The smallest absolute Gasteiger partial charge is 0.0956 e. The topological polar surface area (TPSA) is 4.93 Å². The van der Waals surface area contributed by atoms with Crippen LogP contribution in [-0.4, -0.2) is 4.57 Å². The molecule has 5 rings (SSSR count). The molecule has 0 spiro atoms. The van der Waals surface area contributed by atoms with E-state index in [1.165, 1.54) is 39.4 Å². The Morgan fingerprint density at radius 1 is 0.382 bits per heavy atom. The number of nitrogens with zero attached hydrogens (tertiary/aromatic N) is 1. The standard InChI is InChI=1S/C29H23NS4/c1-30-28(33-24-18-10-4-11-19-24)26(31-22-14-6-2-7-15-22)27(32-23-16-8-3-9-17-23)29(30)34-25-20-12-5-13-21-25/h2-21H,1H3. The molecule has 0 fully saturated rings. The molecule has 0 N–H and O–H groups in total. The van der Waals surface area contributed by atoms with Crippen molar-refractivity contribution < 1.29 is 0 Å². The third kappa shape index (κ3) is 5.61. The molecule has 1 nitrogen and oxygen atoms in total.